The van der Waals surface area contributed by atoms with Gasteiger partial charge < -0.3 is 0 Å². The third kappa shape index (κ3) is 5.18. The van der Waals surface area contributed by atoms with Crippen LogP contribution in [0.3, 0.4) is 0 Å². The Kier molecular flexibility index (Phi) is 8.03. The van der Waals surface area contributed by atoms with Crippen LogP contribution in [-0.4, -0.2) is 30.2 Å². The van der Waals surface area contributed by atoms with Gasteiger partial charge in [0, 0.05) is 23.2 Å². The third-order valence-electron chi connectivity index (χ3n) is 3.58. The van der Waals surface area contributed by atoms with Gasteiger partial charge in [-0.1, -0.05) is 33.5 Å². The van der Waals surface area contributed by atoms with E-state index in [1.54, 1.807) is 7.85 Å². The Bertz CT molecular complexity index is 867. The van der Waals surface area contributed by atoms with Crippen LogP contribution >= 0.6 is 71.3 Å². The smallest absolute Gasteiger partial charge is 0.191 e. The van der Waals surface area contributed by atoms with Crippen LogP contribution in [0.15, 0.2) is 59.6 Å². The molecular formula is C16H8BBr3F8S2. The highest BCUT2D eigenvalue weighted by Gasteiger charge is 2.81. The van der Waals surface area contributed by atoms with Crippen LogP contribution in [0.25, 0.3) is 0 Å². The lowest BCUT2D eigenvalue weighted by atomic mass is 9.97. The number of thioether (sulfide) groups is 2. The summed E-state index contributed by atoms with van der Waals surface area (Å²) in [6.07, 6.45) is 0. The Hall–Kier alpha value is 0.0849. The minimum atomic E-state index is -6.38. The van der Waals surface area contributed by atoms with Gasteiger partial charge in [-0.3, -0.25) is 0 Å². The van der Waals surface area contributed by atoms with E-state index in [4.69, 9.17) is 0 Å². The van der Waals surface area contributed by atoms with Crippen molar-refractivity contribution in [2.24, 2.45) is 0 Å². The first-order chi connectivity index (χ1) is 13.5. The van der Waals surface area contributed by atoms with E-state index >= 15 is 0 Å². The number of benzene rings is 2. The van der Waals surface area contributed by atoms with Gasteiger partial charge in [-0.05, 0) is 79.6 Å². The van der Waals surface area contributed by atoms with E-state index in [-0.39, 0.29) is 8.95 Å². The lowest BCUT2D eigenvalue weighted by molar-refractivity contribution is -0.322. The second-order valence-corrected chi connectivity index (χ2v) is 10.8. The molecule has 0 aliphatic rings. The molecule has 0 aromatic heterocycles. The molecule has 0 aliphatic heterocycles. The van der Waals surface area contributed by atoms with E-state index < -0.39 is 55.7 Å². The molecule has 0 aliphatic carbocycles. The van der Waals surface area contributed by atoms with Gasteiger partial charge >= 0.3 is 22.4 Å². The molecular weight excluding hydrogens is 659 g/mol. The molecule has 0 N–H and O–H groups in total. The van der Waals surface area contributed by atoms with E-state index in [1.165, 1.54) is 24.3 Å². The molecule has 2 aromatic carbocycles. The van der Waals surface area contributed by atoms with Crippen LogP contribution in [0.5, 0.6) is 0 Å². The predicted molar refractivity (Wildman–Crippen MR) is 116 cm³/mol. The van der Waals surface area contributed by atoms with Crippen LogP contribution in [-0.2, 0) is 0 Å². The fourth-order valence-corrected chi connectivity index (χ4v) is 5.69. The van der Waals surface area contributed by atoms with Gasteiger partial charge in [0.05, 0.1) is 0 Å². The van der Waals surface area contributed by atoms with E-state index in [0.717, 1.165) is 12.1 Å². The number of halogens is 11. The molecule has 2 aromatic rings. The molecule has 0 fully saturated rings. The van der Waals surface area contributed by atoms with Crippen molar-refractivity contribution in [3.05, 3.63) is 49.8 Å². The summed E-state index contributed by atoms with van der Waals surface area (Å²) in [4.78, 5) is -1.04. The van der Waals surface area contributed by atoms with E-state index in [2.05, 4.69) is 47.8 Å². The molecule has 0 nitrogen and oxygen atoms in total. The lowest BCUT2D eigenvalue weighted by Gasteiger charge is -2.36. The maximum absolute atomic E-state index is 14.2. The molecule has 0 unspecified atom stereocenters. The molecule has 0 bridgehead atoms. The highest BCUT2D eigenvalue weighted by Crippen LogP contribution is 2.61. The van der Waals surface area contributed by atoms with Crippen LogP contribution in [0.2, 0.25) is 0 Å². The van der Waals surface area contributed by atoms with Crippen LogP contribution in [0.1, 0.15) is 0 Å². The molecule has 0 atom stereocenters. The zero-order valence-electron chi connectivity index (χ0n) is 14.4. The van der Waals surface area contributed by atoms with E-state index in [9.17, 15) is 35.1 Å². The maximum Gasteiger partial charge on any atom is 0.389 e. The van der Waals surface area contributed by atoms with Gasteiger partial charge in [-0.15, -0.1) is 0 Å². The van der Waals surface area contributed by atoms with E-state index in [1.807, 2.05) is 0 Å². The van der Waals surface area contributed by atoms with Gasteiger partial charge in [-0.2, -0.15) is 35.1 Å². The molecule has 164 valence electrons. The van der Waals surface area contributed by atoms with Crippen molar-refractivity contribution in [3.63, 3.8) is 0 Å². The Morgan fingerprint density at radius 2 is 1.03 bits per heavy atom. The number of hydrogen-bond donors (Lipinski definition) is 0. The second-order valence-electron chi connectivity index (χ2n) is 5.90. The van der Waals surface area contributed by atoms with E-state index in [0.29, 0.717) is 9.94 Å². The number of rotatable bonds is 7. The Balaban J connectivity index is 2.38. The maximum atomic E-state index is 14.2. The summed E-state index contributed by atoms with van der Waals surface area (Å²) in [6, 6.07) is 6.96. The zero-order valence-corrected chi connectivity index (χ0v) is 20.8. The lowest BCUT2D eigenvalue weighted by Crippen LogP contribution is -2.60. The quantitative estimate of drug-likeness (QED) is 0.170. The fraction of sp³-hybridized carbons (Fsp3) is 0.250. The second kappa shape index (κ2) is 9.15. The van der Waals surface area contributed by atoms with Crippen molar-refractivity contribution in [2.45, 2.75) is 32.1 Å². The minimum Gasteiger partial charge on any atom is -0.191 e. The van der Waals surface area contributed by atoms with Crippen LogP contribution < -0.4 is 5.46 Å². The Morgan fingerprint density at radius 1 is 0.633 bits per heavy atom. The first-order valence-corrected chi connectivity index (χ1v) is 11.6. The highest BCUT2D eigenvalue weighted by molar-refractivity contribution is 9.11. The predicted octanol–water partition coefficient (Wildman–Crippen LogP) is 7.57. The summed E-state index contributed by atoms with van der Waals surface area (Å²) in [5.74, 6) is -12.8. The van der Waals surface area contributed by atoms with Crippen LogP contribution in [0.4, 0.5) is 35.1 Å². The zero-order chi connectivity index (χ0) is 23.1. The average Bonchev–Trinajstić information content (AvgIpc) is 2.59. The molecule has 2 rings (SSSR count). The van der Waals surface area contributed by atoms with Gasteiger partial charge in [-0.25, -0.2) is 0 Å². The molecule has 0 amide bonds. The van der Waals surface area contributed by atoms with Gasteiger partial charge in [0.1, 0.15) is 7.85 Å². The highest BCUT2D eigenvalue weighted by atomic mass is 79.9. The van der Waals surface area contributed by atoms with Crippen molar-refractivity contribution in [2.75, 3.05) is 0 Å². The molecule has 14 heteroatoms. The molecule has 30 heavy (non-hydrogen) atoms. The Morgan fingerprint density at radius 3 is 1.43 bits per heavy atom. The van der Waals surface area contributed by atoms with Gasteiger partial charge in [0.15, 0.2) is 0 Å². The van der Waals surface area contributed by atoms with Crippen LogP contribution in [0, 0.1) is 0 Å². The molecule has 0 radical (unpaired) electrons. The minimum absolute atomic E-state index is 0.0637. The standard InChI is InChI=1S/C16H8BBr3F8S2/c17-7-1-3-11(9(19)5-7)29-15(25,26)13(21,22)14(23,24)16(27,28)30-12-4-2-8(18)6-10(12)20/h1-6H,17H2. The first kappa shape index (κ1) is 26.3. The molecule has 0 saturated carbocycles. The largest absolute Gasteiger partial charge is 0.389 e. The van der Waals surface area contributed by atoms with Gasteiger partial charge in [0.2, 0.25) is 0 Å². The van der Waals surface area contributed by atoms with Crippen molar-refractivity contribution < 1.29 is 35.1 Å². The SMILES string of the molecule is Bc1ccc(SC(F)(F)C(F)(F)C(F)(F)C(F)(F)Sc2ccc(Br)cc2Br)c(Br)c1. The summed E-state index contributed by atoms with van der Waals surface area (Å²) in [5, 5.41) is -11.1. The van der Waals surface area contributed by atoms with Gasteiger partial charge in [0.25, 0.3) is 0 Å². The monoisotopic (exact) mass is 664 g/mol. The van der Waals surface area contributed by atoms with Crippen molar-refractivity contribution in [1.82, 2.24) is 0 Å². The molecule has 0 spiro atoms. The third-order valence-corrected chi connectivity index (χ3v) is 8.09. The van der Waals surface area contributed by atoms with Crippen molar-refractivity contribution in [1.29, 1.82) is 0 Å². The summed E-state index contributed by atoms with van der Waals surface area (Å²) in [5.41, 5.74) is 0.578. The van der Waals surface area contributed by atoms with Crippen molar-refractivity contribution >= 4 is 84.6 Å². The average molecular weight is 667 g/mol. The Labute approximate surface area is 200 Å². The fourth-order valence-electron chi connectivity index (χ4n) is 2.02. The summed E-state index contributed by atoms with van der Waals surface area (Å²) >= 11 is 6.86. The molecule has 0 heterocycles. The topological polar surface area (TPSA) is 0 Å². The first-order valence-electron chi connectivity index (χ1n) is 7.62. The summed E-state index contributed by atoms with van der Waals surface area (Å²) in [6.45, 7) is 0. The summed E-state index contributed by atoms with van der Waals surface area (Å²) < 4.78 is 114. The molecule has 0 saturated heterocycles. The normalized spacial score (nSPS) is 13.6. The van der Waals surface area contributed by atoms with Crippen molar-refractivity contribution in [3.8, 4) is 0 Å². The number of alkyl halides is 8. The summed E-state index contributed by atoms with van der Waals surface area (Å²) in [7, 11) is 1.58. The number of hydrogen-bond acceptors (Lipinski definition) is 2.